The molecule has 0 aliphatic carbocycles. The highest BCUT2D eigenvalue weighted by atomic mass is 79.9. The lowest BCUT2D eigenvalue weighted by atomic mass is 10.1. The summed E-state index contributed by atoms with van der Waals surface area (Å²) >= 11 is 15.4. The number of hydrogen-bond donors (Lipinski definition) is 0. The van der Waals surface area contributed by atoms with Crippen LogP contribution in [0.1, 0.15) is 49.9 Å². The molecule has 0 saturated heterocycles. The minimum Gasteiger partial charge on any atom is -0.0612 e. The molecule has 28 heavy (non-hydrogen) atoms. The predicted molar refractivity (Wildman–Crippen MR) is 145 cm³/mol. The van der Waals surface area contributed by atoms with E-state index in [2.05, 4.69) is 91.4 Å². The second-order valence-corrected chi connectivity index (χ2v) is 13.7. The molecule has 1 aliphatic heterocycles. The number of fused-ring (bicyclic) bond motifs is 2. The zero-order valence-electron chi connectivity index (χ0n) is 16.0. The van der Waals surface area contributed by atoms with Crippen LogP contribution in [0.15, 0.2) is 37.5 Å². The van der Waals surface area contributed by atoms with Gasteiger partial charge in [-0.05, 0) is 112 Å². The highest BCUT2D eigenvalue weighted by Crippen LogP contribution is 2.60. The van der Waals surface area contributed by atoms with E-state index in [1.54, 1.807) is 0 Å². The lowest BCUT2D eigenvalue weighted by Crippen LogP contribution is -2.01. The summed E-state index contributed by atoms with van der Waals surface area (Å²) in [5.41, 5.74) is 5.60. The van der Waals surface area contributed by atoms with E-state index in [1.807, 2.05) is 43.2 Å². The molecule has 0 unspecified atom stereocenters. The molecule has 1 aliphatic rings. The fraction of sp³-hybridized carbons (Fsp3) is 0.400. The van der Waals surface area contributed by atoms with Crippen molar-refractivity contribution in [3.63, 3.8) is 0 Å². The first-order valence-electron chi connectivity index (χ1n) is 9.15. The van der Waals surface area contributed by atoms with Gasteiger partial charge in [-0.25, -0.2) is 0 Å². The molecule has 0 amide bonds. The molecule has 3 rings (SSSR count). The maximum atomic E-state index is 3.86. The fourth-order valence-corrected chi connectivity index (χ4v) is 13.5. The average molecular weight is 708 g/mol. The van der Waals surface area contributed by atoms with Gasteiger partial charge in [0.25, 0.3) is 0 Å². The summed E-state index contributed by atoms with van der Waals surface area (Å²) in [5.74, 6) is 0. The Morgan fingerprint density at radius 2 is 0.607 bits per heavy atom. The van der Waals surface area contributed by atoms with Gasteiger partial charge in [-0.3, -0.25) is 0 Å². The van der Waals surface area contributed by atoms with Crippen molar-refractivity contribution in [3.05, 3.63) is 40.1 Å². The van der Waals surface area contributed by atoms with Crippen LogP contribution in [0, 0.1) is 0 Å². The summed E-state index contributed by atoms with van der Waals surface area (Å²) in [6.45, 7) is 8.98. The van der Waals surface area contributed by atoms with Crippen LogP contribution < -0.4 is 0 Å². The molecule has 8 heteroatoms. The van der Waals surface area contributed by atoms with Crippen molar-refractivity contribution in [1.29, 1.82) is 0 Å². The van der Waals surface area contributed by atoms with Crippen LogP contribution >= 0.6 is 107 Å². The van der Waals surface area contributed by atoms with Gasteiger partial charge in [-0.2, -0.15) is 0 Å². The van der Waals surface area contributed by atoms with Gasteiger partial charge in [-0.15, -0.1) is 0 Å². The Hall–Kier alpha value is 1.76. The van der Waals surface area contributed by atoms with E-state index in [-0.39, 0.29) is 0 Å². The second-order valence-electron chi connectivity index (χ2n) is 6.23. The van der Waals surface area contributed by atoms with Crippen LogP contribution in [0.3, 0.4) is 0 Å². The first-order valence-corrected chi connectivity index (χ1v) is 16.6. The largest absolute Gasteiger partial charge is 0.0612 e. The Balaban J connectivity index is 2.24. The summed E-state index contributed by atoms with van der Waals surface area (Å²) in [4.78, 5) is 5.67. The standard InChI is InChI=1S/C20H20Br4S4/c1-5-9-13(21)14(22)10(6-2)18-17(9)25-27-19-11(7-3)15(23)16(24)12(8-4)20(19)28-26-18/h5-8H2,1-4H3. The monoisotopic (exact) mass is 704 g/mol. The summed E-state index contributed by atoms with van der Waals surface area (Å²) in [7, 11) is 7.71. The lowest BCUT2D eigenvalue weighted by Gasteiger charge is -2.26. The van der Waals surface area contributed by atoms with Gasteiger partial charge in [0.15, 0.2) is 0 Å². The maximum Gasteiger partial charge on any atom is 0.0377 e. The maximum absolute atomic E-state index is 3.86. The SMILES string of the molecule is CCc1c(Br)c(Br)c(CC)c2c1SSc1c(CC)c(Br)c(Br)c(CC)c1SS2. The van der Waals surface area contributed by atoms with Crippen molar-refractivity contribution < 1.29 is 0 Å². The molecule has 0 aromatic heterocycles. The van der Waals surface area contributed by atoms with Crippen LogP contribution in [0.25, 0.3) is 0 Å². The molecule has 0 atom stereocenters. The first kappa shape index (κ1) is 24.4. The zero-order chi connectivity index (χ0) is 20.6. The van der Waals surface area contributed by atoms with Crippen LogP contribution in [0.2, 0.25) is 0 Å². The summed E-state index contributed by atoms with van der Waals surface area (Å²) in [6.07, 6.45) is 4.06. The molecular weight excluding hydrogens is 688 g/mol. The van der Waals surface area contributed by atoms with Gasteiger partial charge in [0.1, 0.15) is 0 Å². The van der Waals surface area contributed by atoms with Gasteiger partial charge >= 0.3 is 0 Å². The van der Waals surface area contributed by atoms with Gasteiger partial charge in [0, 0.05) is 37.5 Å². The minimum absolute atomic E-state index is 1.02. The van der Waals surface area contributed by atoms with Gasteiger partial charge in [0.05, 0.1) is 0 Å². The number of benzene rings is 2. The topological polar surface area (TPSA) is 0 Å². The fourth-order valence-electron chi connectivity index (χ4n) is 3.26. The highest BCUT2D eigenvalue weighted by Gasteiger charge is 2.28. The van der Waals surface area contributed by atoms with Crippen molar-refractivity contribution in [3.8, 4) is 0 Å². The molecule has 0 N–H and O–H groups in total. The van der Waals surface area contributed by atoms with Crippen molar-refractivity contribution in [2.45, 2.75) is 73.0 Å². The molecule has 0 spiro atoms. The first-order chi connectivity index (χ1) is 13.4. The smallest absolute Gasteiger partial charge is 0.0377 e. The molecule has 2 aromatic rings. The van der Waals surface area contributed by atoms with Crippen LogP contribution in [0.5, 0.6) is 0 Å². The van der Waals surface area contributed by atoms with Gasteiger partial charge in [-0.1, -0.05) is 70.9 Å². The third-order valence-corrected chi connectivity index (χ3v) is 14.7. The van der Waals surface area contributed by atoms with Crippen LogP contribution in [-0.2, 0) is 25.7 Å². The van der Waals surface area contributed by atoms with Crippen molar-refractivity contribution in [2.75, 3.05) is 0 Å². The molecule has 0 bridgehead atoms. The Bertz CT molecular complexity index is 778. The molecule has 152 valence electrons. The molecule has 2 aromatic carbocycles. The second kappa shape index (κ2) is 10.6. The third-order valence-electron chi connectivity index (χ3n) is 4.78. The van der Waals surface area contributed by atoms with Gasteiger partial charge < -0.3 is 0 Å². The molecule has 0 radical (unpaired) electrons. The highest BCUT2D eigenvalue weighted by molar-refractivity contribution is 9.13. The Morgan fingerprint density at radius 1 is 0.429 bits per heavy atom. The normalized spacial score (nSPS) is 13.7. The van der Waals surface area contributed by atoms with E-state index in [9.17, 15) is 0 Å². The number of rotatable bonds is 4. The van der Waals surface area contributed by atoms with Gasteiger partial charge in [0.2, 0.25) is 0 Å². The molecule has 0 fully saturated rings. The molecule has 1 heterocycles. The van der Waals surface area contributed by atoms with E-state index in [0.29, 0.717) is 0 Å². The van der Waals surface area contributed by atoms with Crippen molar-refractivity contribution in [1.82, 2.24) is 0 Å². The van der Waals surface area contributed by atoms with Crippen LogP contribution in [0.4, 0.5) is 0 Å². The third kappa shape index (κ3) is 4.33. The molecule has 0 nitrogen and oxygen atoms in total. The van der Waals surface area contributed by atoms with Crippen molar-refractivity contribution >= 4 is 107 Å². The Morgan fingerprint density at radius 3 is 0.750 bits per heavy atom. The van der Waals surface area contributed by atoms with E-state index in [0.717, 1.165) is 25.7 Å². The quantitative estimate of drug-likeness (QED) is 0.290. The van der Waals surface area contributed by atoms with E-state index < -0.39 is 0 Å². The molecular formula is C20H20Br4S4. The number of hydrogen-bond acceptors (Lipinski definition) is 4. The Labute approximate surface area is 217 Å². The van der Waals surface area contributed by atoms with E-state index in [1.165, 1.54) is 59.7 Å². The van der Waals surface area contributed by atoms with E-state index >= 15 is 0 Å². The van der Waals surface area contributed by atoms with Crippen molar-refractivity contribution in [2.24, 2.45) is 0 Å². The summed E-state index contributed by atoms with van der Waals surface area (Å²) < 4.78 is 4.86. The summed E-state index contributed by atoms with van der Waals surface area (Å²) in [6, 6.07) is 0. The zero-order valence-corrected chi connectivity index (χ0v) is 25.6. The molecule has 0 saturated carbocycles. The minimum atomic E-state index is 1.02. The Kier molecular flexibility index (Phi) is 9.22. The predicted octanol–water partition coefficient (Wildman–Crippen LogP) is 10.9. The van der Waals surface area contributed by atoms with E-state index in [4.69, 9.17) is 0 Å². The lowest BCUT2D eigenvalue weighted by molar-refractivity contribution is 0.953. The average Bonchev–Trinajstić information content (AvgIpc) is 2.68. The summed E-state index contributed by atoms with van der Waals surface area (Å²) in [5, 5.41) is 0. The number of halogens is 4. The van der Waals surface area contributed by atoms with Crippen LogP contribution in [-0.4, -0.2) is 0 Å².